The zero-order valence-corrected chi connectivity index (χ0v) is 21.0. The molecule has 2 heterocycles. The second kappa shape index (κ2) is 10.00. The molecular weight excluding hydrogens is 462 g/mol. The maximum absolute atomic E-state index is 13.5. The first-order valence-electron chi connectivity index (χ1n) is 12.5. The lowest BCUT2D eigenvalue weighted by Crippen LogP contribution is -2.35. The Bertz CT molecular complexity index is 1470. The van der Waals surface area contributed by atoms with Crippen LogP contribution in [0.5, 0.6) is 0 Å². The molecule has 1 unspecified atom stereocenters. The molecule has 4 aromatic rings. The van der Waals surface area contributed by atoms with Crippen LogP contribution in [0.15, 0.2) is 77.2 Å². The van der Waals surface area contributed by atoms with Crippen molar-refractivity contribution < 1.29 is 9.21 Å². The van der Waals surface area contributed by atoms with Crippen molar-refractivity contribution in [1.29, 1.82) is 5.26 Å². The van der Waals surface area contributed by atoms with E-state index in [1.54, 1.807) is 12.1 Å². The van der Waals surface area contributed by atoms with Crippen LogP contribution in [0.1, 0.15) is 54.1 Å². The first-order valence-corrected chi connectivity index (χ1v) is 12.5. The molecule has 0 saturated carbocycles. The highest BCUT2D eigenvalue weighted by Gasteiger charge is 2.30. The van der Waals surface area contributed by atoms with Gasteiger partial charge in [-0.2, -0.15) is 5.26 Å². The van der Waals surface area contributed by atoms with Gasteiger partial charge in [0.25, 0.3) is 5.91 Å². The van der Waals surface area contributed by atoms with Crippen LogP contribution in [0.4, 0.5) is 0 Å². The number of benzene rings is 3. The van der Waals surface area contributed by atoms with Crippen LogP contribution in [0.3, 0.4) is 0 Å². The molecule has 3 aromatic carbocycles. The van der Waals surface area contributed by atoms with Crippen molar-refractivity contribution in [2.75, 3.05) is 6.54 Å². The van der Waals surface area contributed by atoms with Gasteiger partial charge in [-0.3, -0.25) is 4.79 Å². The zero-order chi connectivity index (χ0) is 26.0. The van der Waals surface area contributed by atoms with E-state index in [0.717, 1.165) is 36.1 Å². The van der Waals surface area contributed by atoms with Gasteiger partial charge < -0.3 is 15.1 Å². The maximum Gasteiger partial charge on any atom is 0.254 e. The second-order valence-electron chi connectivity index (χ2n) is 9.94. The van der Waals surface area contributed by atoms with Crippen LogP contribution in [-0.2, 0) is 12.0 Å². The van der Waals surface area contributed by atoms with Gasteiger partial charge in [-0.15, -0.1) is 10.2 Å². The molecule has 2 N–H and O–H groups in total. The molecule has 0 bridgehead atoms. The predicted molar refractivity (Wildman–Crippen MR) is 141 cm³/mol. The SMILES string of the molecule is CC1CCCN1C(=O)c1cc(-c2nnc([C@](C)(N)Cc3ccccc3)o2)cc(-c2ccccc2C#N)c1. The van der Waals surface area contributed by atoms with Gasteiger partial charge in [0.15, 0.2) is 0 Å². The average Bonchev–Trinajstić information content (AvgIpc) is 3.58. The van der Waals surface area contributed by atoms with E-state index in [1.807, 2.05) is 72.5 Å². The summed E-state index contributed by atoms with van der Waals surface area (Å²) in [6, 6.07) is 25.2. The van der Waals surface area contributed by atoms with E-state index in [-0.39, 0.29) is 17.8 Å². The molecule has 1 fully saturated rings. The summed E-state index contributed by atoms with van der Waals surface area (Å²) in [5.74, 6) is 0.546. The highest BCUT2D eigenvalue weighted by molar-refractivity contribution is 5.97. The molecule has 1 saturated heterocycles. The topological polar surface area (TPSA) is 109 Å². The molecule has 1 amide bonds. The standard InChI is InChI=1S/C30H29N5O2/c1-20-9-8-14-35(20)28(36)25-16-23(26-13-7-6-12-22(26)19-31)15-24(17-25)27-33-34-29(37-27)30(2,32)18-21-10-4-3-5-11-21/h3-7,10-13,15-17,20H,8-9,14,18,32H2,1-2H3/t20?,30-/m1/s1. The molecule has 0 radical (unpaired) electrons. The highest BCUT2D eigenvalue weighted by atomic mass is 16.4. The number of amides is 1. The Kier molecular flexibility index (Phi) is 6.60. The Balaban J connectivity index is 1.56. The summed E-state index contributed by atoms with van der Waals surface area (Å²) >= 11 is 0. The van der Waals surface area contributed by atoms with Gasteiger partial charge in [0, 0.05) is 23.7 Å². The van der Waals surface area contributed by atoms with E-state index in [0.29, 0.717) is 29.0 Å². The molecule has 37 heavy (non-hydrogen) atoms. The minimum atomic E-state index is -0.874. The average molecular weight is 492 g/mol. The van der Waals surface area contributed by atoms with Crippen LogP contribution < -0.4 is 5.73 Å². The van der Waals surface area contributed by atoms with E-state index in [2.05, 4.69) is 23.2 Å². The second-order valence-corrected chi connectivity index (χ2v) is 9.94. The Morgan fingerprint density at radius 1 is 1.11 bits per heavy atom. The van der Waals surface area contributed by atoms with Crippen LogP contribution in [-0.4, -0.2) is 33.6 Å². The van der Waals surface area contributed by atoms with E-state index in [4.69, 9.17) is 10.2 Å². The predicted octanol–water partition coefficient (Wildman–Crippen LogP) is 5.32. The highest BCUT2D eigenvalue weighted by Crippen LogP contribution is 2.32. The summed E-state index contributed by atoms with van der Waals surface area (Å²) < 4.78 is 6.10. The number of nitriles is 1. The van der Waals surface area contributed by atoms with E-state index < -0.39 is 5.54 Å². The monoisotopic (exact) mass is 491 g/mol. The largest absolute Gasteiger partial charge is 0.419 e. The van der Waals surface area contributed by atoms with Crippen molar-refractivity contribution in [2.45, 2.75) is 44.7 Å². The van der Waals surface area contributed by atoms with Gasteiger partial charge in [-0.05, 0) is 74.1 Å². The quantitative estimate of drug-likeness (QED) is 0.391. The third kappa shape index (κ3) is 5.02. The van der Waals surface area contributed by atoms with Gasteiger partial charge in [0.05, 0.1) is 17.2 Å². The Hall–Kier alpha value is -4.28. The number of nitrogens with zero attached hydrogens (tertiary/aromatic N) is 4. The van der Waals surface area contributed by atoms with Crippen molar-refractivity contribution in [2.24, 2.45) is 5.73 Å². The van der Waals surface area contributed by atoms with Crippen molar-refractivity contribution in [1.82, 2.24) is 15.1 Å². The first-order chi connectivity index (χ1) is 17.9. The van der Waals surface area contributed by atoms with Gasteiger partial charge in [-0.1, -0.05) is 48.5 Å². The number of carbonyl (C=O) groups excluding carboxylic acids is 1. The summed E-state index contributed by atoms with van der Waals surface area (Å²) in [5.41, 5.74) is 9.93. The first kappa shape index (κ1) is 24.4. The zero-order valence-electron chi connectivity index (χ0n) is 21.0. The van der Waals surface area contributed by atoms with Gasteiger partial charge in [-0.25, -0.2) is 0 Å². The summed E-state index contributed by atoms with van der Waals surface area (Å²) in [7, 11) is 0. The molecular formula is C30H29N5O2. The third-order valence-corrected chi connectivity index (χ3v) is 6.93. The van der Waals surface area contributed by atoms with Gasteiger partial charge in [0.1, 0.15) is 0 Å². The number of hydrogen-bond acceptors (Lipinski definition) is 6. The Morgan fingerprint density at radius 3 is 2.57 bits per heavy atom. The Labute approximate surface area is 216 Å². The summed E-state index contributed by atoms with van der Waals surface area (Å²) in [4.78, 5) is 15.4. The summed E-state index contributed by atoms with van der Waals surface area (Å²) in [6.45, 7) is 4.66. The number of rotatable bonds is 6. The molecule has 0 aliphatic carbocycles. The molecule has 186 valence electrons. The van der Waals surface area contributed by atoms with E-state index in [9.17, 15) is 10.1 Å². The summed E-state index contributed by atoms with van der Waals surface area (Å²) in [6.07, 6.45) is 2.50. The normalized spacial score (nSPS) is 16.8. The lowest BCUT2D eigenvalue weighted by Gasteiger charge is -2.22. The minimum absolute atomic E-state index is 0.0463. The molecule has 1 aliphatic heterocycles. The Morgan fingerprint density at radius 2 is 1.84 bits per heavy atom. The van der Waals surface area contributed by atoms with Crippen LogP contribution in [0.25, 0.3) is 22.6 Å². The number of nitrogens with two attached hydrogens (primary N) is 1. The van der Waals surface area contributed by atoms with E-state index >= 15 is 0 Å². The lowest BCUT2D eigenvalue weighted by atomic mass is 9.94. The van der Waals surface area contributed by atoms with Crippen molar-refractivity contribution in [3.63, 3.8) is 0 Å². The molecule has 1 aliphatic rings. The smallest absolute Gasteiger partial charge is 0.254 e. The molecule has 2 atom stereocenters. The van der Waals surface area contributed by atoms with Gasteiger partial charge in [0.2, 0.25) is 11.8 Å². The van der Waals surface area contributed by atoms with Gasteiger partial charge >= 0.3 is 0 Å². The minimum Gasteiger partial charge on any atom is -0.419 e. The van der Waals surface area contributed by atoms with E-state index in [1.165, 1.54) is 0 Å². The number of aromatic nitrogens is 2. The molecule has 7 heteroatoms. The van der Waals surface area contributed by atoms with Crippen LogP contribution in [0, 0.1) is 11.3 Å². The molecule has 0 spiro atoms. The third-order valence-electron chi connectivity index (χ3n) is 6.93. The van der Waals surface area contributed by atoms with Crippen LogP contribution >= 0.6 is 0 Å². The van der Waals surface area contributed by atoms with Crippen molar-refractivity contribution >= 4 is 5.91 Å². The lowest BCUT2D eigenvalue weighted by molar-refractivity contribution is 0.0747. The van der Waals surface area contributed by atoms with Crippen molar-refractivity contribution in [3.05, 3.63) is 95.4 Å². The number of likely N-dealkylation sites (tertiary alicyclic amines) is 1. The fraction of sp³-hybridized carbons (Fsp3) is 0.267. The fourth-order valence-corrected chi connectivity index (χ4v) is 4.93. The number of hydrogen-bond donors (Lipinski definition) is 1. The fourth-order valence-electron chi connectivity index (χ4n) is 4.93. The van der Waals surface area contributed by atoms with Crippen LogP contribution in [0.2, 0.25) is 0 Å². The molecule has 7 nitrogen and oxygen atoms in total. The molecule has 1 aromatic heterocycles. The maximum atomic E-state index is 13.5. The summed E-state index contributed by atoms with van der Waals surface area (Å²) in [5, 5.41) is 18.3. The van der Waals surface area contributed by atoms with Crippen molar-refractivity contribution in [3.8, 4) is 28.7 Å². The number of carbonyl (C=O) groups is 1. The molecule has 5 rings (SSSR count).